The minimum atomic E-state index is 0. The van der Waals surface area contributed by atoms with E-state index in [0.29, 0.717) is 6.10 Å². The lowest BCUT2D eigenvalue weighted by molar-refractivity contribution is 0.0721. The Balaban J connectivity index is 0. The van der Waals surface area contributed by atoms with Crippen LogP contribution in [0.5, 0.6) is 0 Å². The van der Waals surface area contributed by atoms with Crippen molar-refractivity contribution >= 4 is 0 Å². The number of nitrogens with one attached hydrogen (secondary N) is 1. The van der Waals surface area contributed by atoms with Crippen LogP contribution < -0.4 is 5.32 Å². The molecule has 0 radical (unpaired) electrons. The normalized spacial score (nSPS) is 11.6. The van der Waals surface area contributed by atoms with Crippen LogP contribution in [0, 0.1) is 0 Å². The number of hydrogen-bond donors (Lipinski definition) is 1. The minimum Gasteiger partial charge on any atom is -0.379 e. The number of ether oxygens (including phenoxy) is 1. The number of nitrogens with zero attached hydrogens (tertiary/aromatic N) is 1. The van der Waals surface area contributed by atoms with Crippen LogP contribution >= 0.6 is 0 Å². The van der Waals surface area contributed by atoms with Crippen LogP contribution in [0.3, 0.4) is 0 Å². The van der Waals surface area contributed by atoms with Crippen molar-refractivity contribution in [1.29, 1.82) is 0 Å². The van der Waals surface area contributed by atoms with Crippen molar-refractivity contribution in [2.75, 3.05) is 40.3 Å². The largest absolute Gasteiger partial charge is 0.379 e. The molecule has 0 spiro atoms. The van der Waals surface area contributed by atoms with E-state index in [2.05, 4.69) is 31.1 Å². The van der Waals surface area contributed by atoms with E-state index >= 15 is 0 Å². The molecule has 3 nitrogen and oxygen atoms in total. The van der Waals surface area contributed by atoms with E-state index in [1.54, 1.807) is 0 Å². The topological polar surface area (TPSA) is 24.5 Å². The SMILES string of the molecule is CNCCCN(C)CCCOC(C)C.[HH]. The molecule has 0 fully saturated rings. The zero-order chi connectivity index (χ0) is 10.8. The van der Waals surface area contributed by atoms with Crippen molar-refractivity contribution in [3.63, 3.8) is 0 Å². The van der Waals surface area contributed by atoms with Crippen molar-refractivity contribution in [2.24, 2.45) is 0 Å². The second-order valence-corrected chi connectivity index (χ2v) is 4.03. The predicted molar refractivity (Wildman–Crippen MR) is 63.9 cm³/mol. The van der Waals surface area contributed by atoms with Crippen LogP contribution in [0.1, 0.15) is 28.1 Å². The van der Waals surface area contributed by atoms with Gasteiger partial charge in [-0.2, -0.15) is 0 Å². The zero-order valence-corrected chi connectivity index (χ0v) is 10.2. The standard InChI is InChI=1S/C11H26N2O.H2/c1-11(2)14-10-6-9-13(4)8-5-7-12-3;/h11-12H,5-10H2,1-4H3;1H. The second-order valence-electron chi connectivity index (χ2n) is 4.03. The first kappa shape index (κ1) is 13.9. The van der Waals surface area contributed by atoms with Gasteiger partial charge in [-0.3, -0.25) is 0 Å². The Kier molecular flexibility index (Phi) is 9.35. The summed E-state index contributed by atoms with van der Waals surface area (Å²) in [6.45, 7) is 8.45. The van der Waals surface area contributed by atoms with E-state index in [-0.39, 0.29) is 1.43 Å². The quantitative estimate of drug-likeness (QED) is 0.577. The third kappa shape index (κ3) is 9.96. The van der Waals surface area contributed by atoms with Gasteiger partial charge in [0, 0.05) is 14.6 Å². The lowest BCUT2D eigenvalue weighted by Crippen LogP contribution is -2.24. The van der Waals surface area contributed by atoms with E-state index in [9.17, 15) is 0 Å². The summed E-state index contributed by atoms with van der Waals surface area (Å²) in [6.07, 6.45) is 2.72. The number of rotatable bonds is 9. The Hall–Kier alpha value is -0.120. The first-order valence-electron chi connectivity index (χ1n) is 5.61. The van der Waals surface area contributed by atoms with Gasteiger partial charge in [0.1, 0.15) is 0 Å². The van der Waals surface area contributed by atoms with Gasteiger partial charge in [0.25, 0.3) is 0 Å². The summed E-state index contributed by atoms with van der Waals surface area (Å²) in [6, 6.07) is 0. The van der Waals surface area contributed by atoms with Gasteiger partial charge in [0.15, 0.2) is 0 Å². The van der Waals surface area contributed by atoms with Gasteiger partial charge < -0.3 is 15.0 Å². The van der Waals surface area contributed by atoms with Crippen molar-refractivity contribution in [1.82, 2.24) is 10.2 Å². The van der Waals surface area contributed by atoms with Crippen LogP contribution in [0.4, 0.5) is 0 Å². The van der Waals surface area contributed by atoms with E-state index < -0.39 is 0 Å². The molecule has 0 saturated carbocycles. The molecular formula is C11H28N2O. The number of hydrogen-bond acceptors (Lipinski definition) is 3. The van der Waals surface area contributed by atoms with Crippen LogP contribution in [0.15, 0.2) is 0 Å². The molecule has 0 unspecified atom stereocenters. The fraction of sp³-hybridized carbons (Fsp3) is 1.00. The van der Waals surface area contributed by atoms with Gasteiger partial charge >= 0.3 is 0 Å². The molecule has 0 amide bonds. The highest BCUT2D eigenvalue weighted by Gasteiger charge is 1.98. The molecule has 0 heterocycles. The lowest BCUT2D eigenvalue weighted by Gasteiger charge is -2.16. The highest BCUT2D eigenvalue weighted by molar-refractivity contribution is 4.53. The first-order valence-corrected chi connectivity index (χ1v) is 5.61. The van der Waals surface area contributed by atoms with Crippen molar-refractivity contribution in [3.05, 3.63) is 0 Å². The second kappa shape index (κ2) is 9.44. The summed E-state index contributed by atoms with van der Waals surface area (Å²) in [4.78, 5) is 2.36. The summed E-state index contributed by atoms with van der Waals surface area (Å²) in [5.74, 6) is 0. The van der Waals surface area contributed by atoms with Gasteiger partial charge in [-0.1, -0.05) is 0 Å². The van der Waals surface area contributed by atoms with Gasteiger partial charge in [-0.15, -0.1) is 0 Å². The monoisotopic (exact) mass is 204 g/mol. The Morgan fingerprint density at radius 2 is 1.93 bits per heavy atom. The van der Waals surface area contributed by atoms with Gasteiger partial charge in [0.05, 0.1) is 6.10 Å². The van der Waals surface area contributed by atoms with Gasteiger partial charge in [0.2, 0.25) is 0 Å². The Bertz CT molecular complexity index is 123. The summed E-state index contributed by atoms with van der Waals surface area (Å²) < 4.78 is 5.48. The molecule has 0 atom stereocenters. The fourth-order valence-electron chi connectivity index (χ4n) is 1.29. The molecule has 0 rings (SSSR count). The molecule has 88 valence electrons. The molecule has 0 aliphatic heterocycles. The average Bonchev–Trinajstić information content (AvgIpc) is 2.13. The summed E-state index contributed by atoms with van der Waals surface area (Å²) in [5, 5.41) is 3.15. The Morgan fingerprint density at radius 1 is 1.29 bits per heavy atom. The zero-order valence-electron chi connectivity index (χ0n) is 10.2. The van der Waals surface area contributed by atoms with Gasteiger partial charge in [-0.25, -0.2) is 0 Å². The van der Waals surface area contributed by atoms with Crippen molar-refractivity contribution in [3.8, 4) is 0 Å². The molecule has 0 aromatic heterocycles. The molecule has 0 saturated heterocycles. The third-order valence-corrected chi connectivity index (χ3v) is 2.10. The molecule has 0 aliphatic rings. The molecule has 0 aliphatic carbocycles. The maximum absolute atomic E-state index is 5.48. The third-order valence-electron chi connectivity index (χ3n) is 2.10. The van der Waals surface area contributed by atoms with Crippen LogP contribution in [0.25, 0.3) is 0 Å². The molecule has 0 aromatic carbocycles. The summed E-state index contributed by atoms with van der Waals surface area (Å²) in [5.41, 5.74) is 0. The minimum absolute atomic E-state index is 0. The van der Waals surface area contributed by atoms with Crippen molar-refractivity contribution < 1.29 is 6.16 Å². The average molecular weight is 204 g/mol. The molecule has 0 aromatic rings. The Morgan fingerprint density at radius 3 is 2.50 bits per heavy atom. The maximum atomic E-state index is 5.48. The lowest BCUT2D eigenvalue weighted by atomic mass is 10.3. The first-order chi connectivity index (χ1) is 6.66. The van der Waals surface area contributed by atoms with Crippen LogP contribution in [0.2, 0.25) is 0 Å². The van der Waals surface area contributed by atoms with Crippen LogP contribution in [-0.4, -0.2) is 51.3 Å². The van der Waals surface area contributed by atoms with Crippen molar-refractivity contribution in [2.45, 2.75) is 32.8 Å². The van der Waals surface area contributed by atoms with E-state index in [4.69, 9.17) is 4.74 Å². The molecular weight excluding hydrogens is 176 g/mol. The summed E-state index contributed by atoms with van der Waals surface area (Å²) in [7, 11) is 4.17. The van der Waals surface area contributed by atoms with E-state index in [1.807, 2.05) is 7.05 Å². The molecule has 3 heteroatoms. The van der Waals surface area contributed by atoms with Crippen LogP contribution in [-0.2, 0) is 4.74 Å². The molecule has 0 bridgehead atoms. The molecule has 14 heavy (non-hydrogen) atoms. The highest BCUT2D eigenvalue weighted by atomic mass is 16.5. The predicted octanol–water partition coefficient (Wildman–Crippen LogP) is 1.59. The highest BCUT2D eigenvalue weighted by Crippen LogP contribution is 1.93. The fourth-order valence-corrected chi connectivity index (χ4v) is 1.29. The van der Waals surface area contributed by atoms with E-state index in [1.165, 1.54) is 13.0 Å². The smallest absolute Gasteiger partial charge is 0.0518 e. The van der Waals surface area contributed by atoms with E-state index in [0.717, 1.165) is 26.1 Å². The van der Waals surface area contributed by atoms with Gasteiger partial charge in [-0.05, 0) is 53.9 Å². The summed E-state index contributed by atoms with van der Waals surface area (Å²) >= 11 is 0. The maximum Gasteiger partial charge on any atom is 0.0518 e. The molecule has 1 N–H and O–H groups in total. The Labute approximate surface area is 90.3 Å².